The summed E-state index contributed by atoms with van der Waals surface area (Å²) in [5.41, 5.74) is -0.171. The zero-order valence-electron chi connectivity index (χ0n) is 9.18. The first-order chi connectivity index (χ1) is 7.82. The van der Waals surface area contributed by atoms with E-state index in [1.807, 2.05) is 0 Å². The SMILES string of the molecule is CC(O)C(C)Sc1cc(F)c(Br)cc1[N+](=O)[O-]. The predicted molar refractivity (Wildman–Crippen MR) is 67.8 cm³/mol. The Morgan fingerprint density at radius 1 is 1.53 bits per heavy atom. The lowest BCUT2D eigenvalue weighted by Gasteiger charge is -2.14. The Morgan fingerprint density at radius 3 is 2.59 bits per heavy atom. The average Bonchev–Trinajstić information content (AvgIpc) is 2.22. The van der Waals surface area contributed by atoms with Crippen LogP contribution in [0.25, 0.3) is 0 Å². The van der Waals surface area contributed by atoms with Crippen molar-refractivity contribution in [3.05, 3.63) is 32.5 Å². The Balaban J connectivity index is 3.13. The number of aliphatic hydroxyl groups excluding tert-OH is 1. The maximum Gasteiger partial charge on any atom is 0.284 e. The van der Waals surface area contributed by atoms with Gasteiger partial charge in [-0.15, -0.1) is 11.8 Å². The van der Waals surface area contributed by atoms with E-state index in [-0.39, 0.29) is 20.3 Å². The number of hydrogen-bond donors (Lipinski definition) is 1. The van der Waals surface area contributed by atoms with Gasteiger partial charge in [-0.25, -0.2) is 4.39 Å². The maximum absolute atomic E-state index is 13.3. The van der Waals surface area contributed by atoms with Crippen molar-refractivity contribution in [2.24, 2.45) is 0 Å². The van der Waals surface area contributed by atoms with Crippen LogP contribution in [0.1, 0.15) is 13.8 Å². The standard InChI is InChI=1S/C10H11BrFNO3S/c1-5(14)6(2)17-10-4-8(12)7(11)3-9(10)13(15)16/h3-6,14H,1-2H3. The number of aliphatic hydroxyl groups is 1. The van der Waals surface area contributed by atoms with Crippen LogP contribution < -0.4 is 0 Å². The summed E-state index contributed by atoms with van der Waals surface area (Å²) in [6.07, 6.45) is -0.633. The van der Waals surface area contributed by atoms with Crippen molar-refractivity contribution in [2.75, 3.05) is 0 Å². The van der Waals surface area contributed by atoms with Gasteiger partial charge in [0.05, 0.1) is 20.4 Å². The minimum absolute atomic E-state index is 0.0539. The highest BCUT2D eigenvalue weighted by Gasteiger charge is 2.21. The van der Waals surface area contributed by atoms with Crippen LogP contribution in [-0.4, -0.2) is 21.4 Å². The average molecular weight is 324 g/mol. The summed E-state index contributed by atoms with van der Waals surface area (Å²) >= 11 is 3.98. The first-order valence-corrected chi connectivity index (χ1v) is 6.48. The molecule has 0 aromatic heterocycles. The van der Waals surface area contributed by atoms with Crippen molar-refractivity contribution in [2.45, 2.75) is 30.1 Å². The molecule has 0 heterocycles. The molecule has 1 N–H and O–H groups in total. The van der Waals surface area contributed by atoms with Crippen molar-refractivity contribution in [3.8, 4) is 0 Å². The van der Waals surface area contributed by atoms with Crippen LogP contribution in [0, 0.1) is 15.9 Å². The van der Waals surface area contributed by atoms with E-state index in [1.54, 1.807) is 13.8 Å². The summed E-state index contributed by atoms with van der Waals surface area (Å²) in [6, 6.07) is 2.23. The van der Waals surface area contributed by atoms with E-state index in [0.29, 0.717) is 0 Å². The van der Waals surface area contributed by atoms with Gasteiger partial charge in [0.2, 0.25) is 0 Å². The van der Waals surface area contributed by atoms with Gasteiger partial charge in [-0.2, -0.15) is 0 Å². The molecular weight excluding hydrogens is 313 g/mol. The number of rotatable bonds is 4. The second-order valence-electron chi connectivity index (χ2n) is 3.55. The minimum Gasteiger partial charge on any atom is -0.392 e. The molecule has 2 unspecified atom stereocenters. The molecule has 0 radical (unpaired) electrons. The summed E-state index contributed by atoms with van der Waals surface area (Å²) < 4.78 is 13.4. The summed E-state index contributed by atoms with van der Waals surface area (Å²) in [7, 11) is 0. The molecular formula is C10H11BrFNO3S. The first kappa shape index (κ1) is 14.4. The lowest BCUT2D eigenvalue weighted by molar-refractivity contribution is -0.387. The molecule has 1 rings (SSSR count). The van der Waals surface area contributed by atoms with Crippen LogP contribution in [0.3, 0.4) is 0 Å². The highest BCUT2D eigenvalue weighted by molar-refractivity contribution is 9.10. The number of nitrogens with zero attached hydrogens (tertiary/aromatic N) is 1. The fourth-order valence-electron chi connectivity index (χ4n) is 1.05. The Labute approximate surface area is 110 Å². The summed E-state index contributed by atoms with van der Waals surface area (Å²) in [5, 5.41) is 19.9. The van der Waals surface area contributed by atoms with Gasteiger partial charge in [-0.3, -0.25) is 10.1 Å². The van der Waals surface area contributed by atoms with Gasteiger partial charge < -0.3 is 5.11 Å². The molecule has 0 bridgehead atoms. The highest BCUT2D eigenvalue weighted by atomic mass is 79.9. The Kier molecular flexibility index (Phi) is 4.91. The van der Waals surface area contributed by atoms with E-state index < -0.39 is 16.8 Å². The van der Waals surface area contributed by atoms with Crippen LogP contribution in [-0.2, 0) is 0 Å². The van der Waals surface area contributed by atoms with E-state index in [9.17, 15) is 19.6 Å². The van der Waals surface area contributed by atoms with E-state index in [2.05, 4.69) is 15.9 Å². The van der Waals surface area contributed by atoms with E-state index >= 15 is 0 Å². The lowest BCUT2D eigenvalue weighted by Crippen LogP contribution is -2.15. The monoisotopic (exact) mass is 323 g/mol. The topological polar surface area (TPSA) is 63.4 Å². The molecule has 2 atom stereocenters. The number of halogens is 2. The first-order valence-electron chi connectivity index (χ1n) is 4.81. The normalized spacial score (nSPS) is 14.4. The van der Waals surface area contributed by atoms with Gasteiger partial charge in [0.1, 0.15) is 5.82 Å². The number of benzene rings is 1. The maximum atomic E-state index is 13.3. The summed E-state index contributed by atoms with van der Waals surface area (Å²) in [5.74, 6) is -0.559. The fourth-order valence-corrected chi connectivity index (χ4v) is 2.41. The van der Waals surface area contributed by atoms with Crippen LogP contribution in [0.15, 0.2) is 21.5 Å². The molecule has 17 heavy (non-hydrogen) atoms. The van der Waals surface area contributed by atoms with Gasteiger partial charge in [0, 0.05) is 11.3 Å². The number of nitro benzene ring substituents is 1. The van der Waals surface area contributed by atoms with Crippen molar-refractivity contribution in [1.82, 2.24) is 0 Å². The quantitative estimate of drug-likeness (QED) is 0.524. The molecule has 0 fully saturated rings. The lowest BCUT2D eigenvalue weighted by atomic mass is 10.3. The number of nitro groups is 1. The molecule has 0 spiro atoms. The van der Waals surface area contributed by atoms with Crippen LogP contribution in [0.4, 0.5) is 10.1 Å². The summed E-state index contributed by atoms with van der Waals surface area (Å²) in [4.78, 5) is 10.5. The molecule has 0 saturated heterocycles. The Hall–Kier alpha value is -0.660. The second kappa shape index (κ2) is 5.79. The second-order valence-corrected chi connectivity index (χ2v) is 5.83. The van der Waals surface area contributed by atoms with E-state index in [0.717, 1.165) is 23.9 Å². The van der Waals surface area contributed by atoms with Gasteiger partial charge >= 0.3 is 0 Å². The molecule has 0 amide bonds. The minimum atomic E-state index is -0.633. The largest absolute Gasteiger partial charge is 0.392 e. The molecule has 4 nitrogen and oxygen atoms in total. The van der Waals surface area contributed by atoms with Crippen molar-refractivity contribution in [3.63, 3.8) is 0 Å². The smallest absolute Gasteiger partial charge is 0.284 e. The molecule has 1 aromatic carbocycles. The van der Waals surface area contributed by atoms with Crippen LogP contribution in [0.2, 0.25) is 0 Å². The molecule has 0 aliphatic heterocycles. The third-order valence-electron chi connectivity index (χ3n) is 2.19. The molecule has 0 aliphatic carbocycles. The number of thioether (sulfide) groups is 1. The van der Waals surface area contributed by atoms with Gasteiger partial charge in [-0.05, 0) is 28.9 Å². The van der Waals surface area contributed by atoms with E-state index in [1.165, 1.54) is 0 Å². The molecule has 1 aromatic rings. The van der Waals surface area contributed by atoms with Crippen molar-refractivity contribution in [1.29, 1.82) is 0 Å². The Morgan fingerprint density at radius 2 is 2.12 bits per heavy atom. The molecule has 0 aliphatic rings. The Bertz CT molecular complexity index is 442. The number of hydrogen-bond acceptors (Lipinski definition) is 4. The third-order valence-corrected chi connectivity index (χ3v) is 4.15. The van der Waals surface area contributed by atoms with Crippen LogP contribution in [0.5, 0.6) is 0 Å². The van der Waals surface area contributed by atoms with Gasteiger partial charge in [0.15, 0.2) is 0 Å². The fraction of sp³-hybridized carbons (Fsp3) is 0.400. The highest BCUT2D eigenvalue weighted by Crippen LogP contribution is 2.36. The zero-order chi connectivity index (χ0) is 13.2. The van der Waals surface area contributed by atoms with E-state index in [4.69, 9.17) is 0 Å². The van der Waals surface area contributed by atoms with Crippen LogP contribution >= 0.6 is 27.7 Å². The van der Waals surface area contributed by atoms with Gasteiger partial charge in [-0.1, -0.05) is 6.92 Å². The molecule has 94 valence electrons. The van der Waals surface area contributed by atoms with Gasteiger partial charge in [0.25, 0.3) is 5.69 Å². The summed E-state index contributed by atoms with van der Waals surface area (Å²) in [6.45, 7) is 3.30. The molecule has 0 saturated carbocycles. The molecule has 7 heteroatoms. The van der Waals surface area contributed by atoms with Crippen molar-refractivity contribution >= 4 is 33.4 Å². The predicted octanol–water partition coefficient (Wildman–Crippen LogP) is 3.36. The van der Waals surface area contributed by atoms with Crippen molar-refractivity contribution < 1.29 is 14.4 Å². The third kappa shape index (κ3) is 3.65. The zero-order valence-corrected chi connectivity index (χ0v) is 11.6.